The maximum Gasteiger partial charge on any atom is 0.330 e. The van der Waals surface area contributed by atoms with Gasteiger partial charge in [-0.15, -0.1) is 0 Å². The fraction of sp³-hybridized carbons (Fsp3) is 0.133. The highest BCUT2D eigenvalue weighted by molar-refractivity contribution is 8.13. The van der Waals surface area contributed by atoms with Gasteiger partial charge >= 0.3 is 5.69 Å². The fourth-order valence-electron chi connectivity index (χ4n) is 2.30. The Hall–Kier alpha value is -2.45. The zero-order chi connectivity index (χ0) is 17.5. The third-order valence-corrected chi connectivity index (χ3v) is 4.87. The Balaban J connectivity index is 2.22. The molecular weight excluding hydrogens is 354 g/mol. The van der Waals surface area contributed by atoms with Crippen molar-refractivity contribution in [1.82, 2.24) is 14.5 Å². The predicted octanol–water partition coefficient (Wildman–Crippen LogP) is 1.37. The van der Waals surface area contributed by atoms with E-state index in [0.717, 1.165) is 23.4 Å². The van der Waals surface area contributed by atoms with Crippen LogP contribution < -0.4 is 11.2 Å². The van der Waals surface area contributed by atoms with E-state index in [1.54, 1.807) is 0 Å². The molecule has 0 saturated heterocycles. The van der Waals surface area contributed by atoms with E-state index in [0.29, 0.717) is 0 Å². The first-order chi connectivity index (χ1) is 11.3. The summed E-state index contributed by atoms with van der Waals surface area (Å²) >= 11 is 0. The molecule has 24 heavy (non-hydrogen) atoms. The van der Waals surface area contributed by atoms with Crippen LogP contribution in [0, 0.1) is 6.92 Å². The minimum atomic E-state index is -4.03. The lowest BCUT2D eigenvalue weighted by Gasteiger charge is -2.09. The zero-order valence-electron chi connectivity index (χ0n) is 12.5. The summed E-state index contributed by atoms with van der Waals surface area (Å²) in [5, 5.41) is -0.0246. The second-order valence-corrected chi connectivity index (χ2v) is 7.88. The molecular formula is C15H12ClN3O4S. The molecule has 0 bridgehead atoms. The molecule has 0 aliphatic heterocycles. The summed E-state index contributed by atoms with van der Waals surface area (Å²) in [5.41, 5.74) is 0.666. The number of nitrogens with zero attached hydrogens (tertiary/aromatic N) is 2. The number of nitrogens with one attached hydrogen (secondary N) is 1. The second-order valence-electron chi connectivity index (χ2n) is 5.31. The number of pyridine rings is 1. The monoisotopic (exact) mass is 365 g/mol. The van der Waals surface area contributed by atoms with E-state index in [-0.39, 0.29) is 22.5 Å². The first-order valence-electron chi connectivity index (χ1n) is 6.89. The number of hydrogen-bond acceptors (Lipinski definition) is 5. The van der Waals surface area contributed by atoms with Gasteiger partial charge in [-0.1, -0.05) is 29.8 Å². The number of aryl methyl sites for hydroxylation is 1. The van der Waals surface area contributed by atoms with Crippen LogP contribution in [0.2, 0.25) is 0 Å². The summed E-state index contributed by atoms with van der Waals surface area (Å²) in [6, 6.07) is 8.63. The van der Waals surface area contributed by atoms with Crippen molar-refractivity contribution in [2.75, 3.05) is 0 Å². The summed E-state index contributed by atoms with van der Waals surface area (Å²) in [4.78, 5) is 29.9. The first kappa shape index (κ1) is 16.4. The van der Waals surface area contributed by atoms with Crippen molar-refractivity contribution in [3.63, 3.8) is 0 Å². The van der Waals surface area contributed by atoms with Crippen molar-refractivity contribution in [1.29, 1.82) is 0 Å². The molecule has 0 unspecified atom stereocenters. The summed E-state index contributed by atoms with van der Waals surface area (Å²) in [6.45, 7) is 2.13. The molecule has 0 aliphatic rings. The average Bonchev–Trinajstić information content (AvgIpc) is 2.52. The van der Waals surface area contributed by atoms with Gasteiger partial charge in [0.15, 0.2) is 0 Å². The number of hydrogen-bond donors (Lipinski definition) is 1. The van der Waals surface area contributed by atoms with Gasteiger partial charge in [0.2, 0.25) is 0 Å². The smallest absolute Gasteiger partial charge is 0.273 e. The molecule has 2 heterocycles. The first-order valence-corrected chi connectivity index (χ1v) is 9.20. The quantitative estimate of drug-likeness (QED) is 0.706. The Bertz CT molecular complexity index is 1150. The standard InChI is InChI=1S/C15H12ClN3O4S/c1-9-2-4-10(5-3-9)8-19-13-12(14(20)18-15(19)21)6-11(7-17-13)24(16,22)23/h2-7H,8H2,1H3,(H,18,20,21). The van der Waals surface area contributed by atoms with Crippen LogP contribution in [-0.2, 0) is 15.6 Å². The summed E-state index contributed by atoms with van der Waals surface area (Å²) < 4.78 is 24.1. The van der Waals surface area contributed by atoms with Gasteiger partial charge in [0.25, 0.3) is 14.6 Å². The van der Waals surface area contributed by atoms with Crippen LogP contribution >= 0.6 is 10.7 Å². The molecule has 1 aromatic carbocycles. The Kier molecular flexibility index (Phi) is 4.02. The van der Waals surface area contributed by atoms with E-state index in [1.165, 1.54) is 4.57 Å². The molecule has 0 saturated carbocycles. The minimum Gasteiger partial charge on any atom is -0.273 e. The molecule has 0 aliphatic carbocycles. The maximum absolute atomic E-state index is 12.1. The van der Waals surface area contributed by atoms with Crippen molar-refractivity contribution in [3.05, 3.63) is 68.5 Å². The number of halogens is 1. The molecule has 9 heteroatoms. The van der Waals surface area contributed by atoms with E-state index < -0.39 is 20.3 Å². The van der Waals surface area contributed by atoms with Crippen LogP contribution in [0.1, 0.15) is 11.1 Å². The van der Waals surface area contributed by atoms with E-state index in [1.807, 2.05) is 31.2 Å². The van der Waals surface area contributed by atoms with E-state index in [9.17, 15) is 18.0 Å². The van der Waals surface area contributed by atoms with Gasteiger partial charge < -0.3 is 0 Å². The molecule has 3 aromatic rings. The van der Waals surface area contributed by atoms with Crippen molar-refractivity contribution in [2.45, 2.75) is 18.4 Å². The summed E-state index contributed by atoms with van der Waals surface area (Å²) in [5.74, 6) is 0. The molecule has 7 nitrogen and oxygen atoms in total. The van der Waals surface area contributed by atoms with Gasteiger partial charge in [0.05, 0.1) is 11.9 Å². The summed E-state index contributed by atoms with van der Waals surface area (Å²) in [6.07, 6.45) is 1.02. The van der Waals surface area contributed by atoms with Gasteiger partial charge in [-0.2, -0.15) is 0 Å². The lowest BCUT2D eigenvalue weighted by Crippen LogP contribution is -2.31. The van der Waals surface area contributed by atoms with Crippen LogP contribution in [0.4, 0.5) is 0 Å². The van der Waals surface area contributed by atoms with Crippen molar-refractivity contribution >= 4 is 30.8 Å². The highest BCUT2D eigenvalue weighted by atomic mass is 35.7. The number of aromatic nitrogens is 3. The van der Waals surface area contributed by atoms with Crippen molar-refractivity contribution in [2.24, 2.45) is 0 Å². The highest BCUT2D eigenvalue weighted by Gasteiger charge is 2.15. The van der Waals surface area contributed by atoms with Crippen molar-refractivity contribution < 1.29 is 8.42 Å². The van der Waals surface area contributed by atoms with Crippen LogP contribution in [0.15, 0.2) is 51.0 Å². The van der Waals surface area contributed by atoms with Gasteiger partial charge in [-0.05, 0) is 18.6 Å². The SMILES string of the molecule is Cc1ccc(Cn2c(=O)[nH]c(=O)c3cc(S(=O)(=O)Cl)cnc32)cc1. The van der Waals surface area contributed by atoms with Crippen LogP contribution in [0.3, 0.4) is 0 Å². The van der Waals surface area contributed by atoms with Crippen LogP contribution in [0.25, 0.3) is 11.0 Å². The third-order valence-electron chi connectivity index (χ3n) is 3.55. The number of benzene rings is 1. The van der Waals surface area contributed by atoms with E-state index >= 15 is 0 Å². The Labute approximate surface area is 141 Å². The average molecular weight is 366 g/mol. The lowest BCUT2D eigenvalue weighted by molar-refractivity contribution is 0.609. The van der Waals surface area contributed by atoms with Gasteiger partial charge in [0.1, 0.15) is 10.5 Å². The number of fused-ring (bicyclic) bond motifs is 1. The summed E-state index contributed by atoms with van der Waals surface area (Å²) in [7, 11) is 1.25. The van der Waals surface area contributed by atoms with Gasteiger partial charge in [0, 0.05) is 16.9 Å². The van der Waals surface area contributed by atoms with Crippen LogP contribution in [-0.4, -0.2) is 23.0 Å². The topological polar surface area (TPSA) is 102 Å². The molecule has 0 amide bonds. The number of aromatic amines is 1. The largest absolute Gasteiger partial charge is 0.330 e. The fourth-order valence-corrected chi connectivity index (χ4v) is 3.00. The van der Waals surface area contributed by atoms with E-state index in [4.69, 9.17) is 10.7 Å². The van der Waals surface area contributed by atoms with Crippen LogP contribution in [0.5, 0.6) is 0 Å². The molecule has 0 fully saturated rings. The van der Waals surface area contributed by atoms with Crippen molar-refractivity contribution in [3.8, 4) is 0 Å². The molecule has 0 radical (unpaired) electrons. The highest BCUT2D eigenvalue weighted by Crippen LogP contribution is 2.17. The van der Waals surface area contributed by atoms with Gasteiger partial charge in [-0.3, -0.25) is 14.3 Å². The second kappa shape index (κ2) is 5.88. The molecule has 3 rings (SSSR count). The maximum atomic E-state index is 12.1. The lowest BCUT2D eigenvalue weighted by atomic mass is 10.1. The zero-order valence-corrected chi connectivity index (χ0v) is 14.1. The third kappa shape index (κ3) is 3.10. The molecule has 1 N–H and O–H groups in total. The molecule has 124 valence electrons. The number of rotatable bonds is 3. The van der Waals surface area contributed by atoms with E-state index in [2.05, 4.69) is 9.97 Å². The molecule has 2 aromatic heterocycles. The molecule has 0 spiro atoms. The molecule has 0 atom stereocenters. The number of H-pyrrole nitrogens is 1. The Morgan fingerprint density at radius 1 is 1.21 bits per heavy atom. The Morgan fingerprint density at radius 3 is 2.50 bits per heavy atom. The minimum absolute atomic E-state index is 0.0246. The normalized spacial score (nSPS) is 11.8. The Morgan fingerprint density at radius 2 is 1.88 bits per heavy atom. The predicted molar refractivity (Wildman–Crippen MR) is 89.9 cm³/mol. The van der Waals surface area contributed by atoms with Gasteiger partial charge in [-0.25, -0.2) is 18.2 Å².